The van der Waals surface area contributed by atoms with E-state index in [1.165, 1.54) is 5.56 Å². The van der Waals surface area contributed by atoms with Crippen LogP contribution < -0.4 is 4.74 Å². The van der Waals surface area contributed by atoms with Gasteiger partial charge in [-0.3, -0.25) is 4.98 Å². The van der Waals surface area contributed by atoms with Crippen molar-refractivity contribution in [2.24, 2.45) is 0 Å². The van der Waals surface area contributed by atoms with E-state index in [-0.39, 0.29) is 0 Å². The molecule has 4 nitrogen and oxygen atoms in total. The number of hydrogen-bond acceptors (Lipinski definition) is 5. The minimum absolute atomic E-state index is 0.693. The van der Waals surface area contributed by atoms with Gasteiger partial charge in [-0.25, -0.2) is 9.97 Å². The Balaban J connectivity index is 1.50. The molecule has 0 fully saturated rings. The van der Waals surface area contributed by atoms with Crippen molar-refractivity contribution in [3.63, 3.8) is 0 Å². The Hall–Kier alpha value is -4.09. The Labute approximate surface area is 188 Å². The molecule has 0 amide bonds. The minimum atomic E-state index is 0.693. The molecular formula is C27H17N3OS. The Morgan fingerprint density at radius 2 is 1.44 bits per heavy atom. The summed E-state index contributed by atoms with van der Waals surface area (Å²) in [4.78, 5) is 15.0. The number of hydrogen-bond donors (Lipinski definition) is 0. The first-order valence-electron chi connectivity index (χ1n) is 10.3. The van der Waals surface area contributed by atoms with E-state index >= 15 is 0 Å². The molecule has 0 saturated heterocycles. The van der Waals surface area contributed by atoms with Gasteiger partial charge in [-0.15, -0.1) is 11.3 Å². The molecule has 0 N–H and O–H groups in total. The highest BCUT2D eigenvalue weighted by Gasteiger charge is 2.15. The first-order valence-corrected chi connectivity index (χ1v) is 11.1. The highest BCUT2D eigenvalue weighted by molar-refractivity contribution is 7.22. The van der Waals surface area contributed by atoms with Crippen LogP contribution in [0.4, 0.5) is 0 Å². The molecule has 4 heterocycles. The first-order chi connectivity index (χ1) is 15.8. The van der Waals surface area contributed by atoms with Crippen molar-refractivity contribution < 1.29 is 4.74 Å². The molecule has 4 aromatic heterocycles. The van der Waals surface area contributed by atoms with Crippen molar-refractivity contribution in [2.45, 2.75) is 0 Å². The van der Waals surface area contributed by atoms with Gasteiger partial charge in [0.25, 0.3) is 0 Å². The predicted octanol–water partition coefficient (Wildman–Crippen LogP) is 7.37. The van der Waals surface area contributed by atoms with Crippen molar-refractivity contribution >= 4 is 32.6 Å². The molecule has 0 bridgehead atoms. The lowest BCUT2D eigenvalue weighted by molar-refractivity contribution is 0.489. The predicted molar refractivity (Wildman–Crippen MR) is 130 cm³/mol. The standard InChI is InChI=1S/C27H17N3OS/c1-3-8-18(9-4-1)24-17-21-26(32-24)22(13-15-28-21)31-23-16-20-12-7-14-29-27(20)30-25(23)19-10-5-2-6-11-19/h1-17H. The first kappa shape index (κ1) is 18.7. The maximum atomic E-state index is 6.51. The number of ether oxygens (including phenoxy) is 1. The number of fused-ring (bicyclic) bond motifs is 2. The lowest BCUT2D eigenvalue weighted by Crippen LogP contribution is -1.94. The molecule has 0 atom stereocenters. The average molecular weight is 432 g/mol. The smallest absolute Gasteiger partial charge is 0.160 e. The molecule has 6 aromatic rings. The normalized spacial score (nSPS) is 11.1. The molecule has 0 unspecified atom stereocenters. The van der Waals surface area contributed by atoms with Crippen LogP contribution in [0.15, 0.2) is 103 Å². The van der Waals surface area contributed by atoms with Crippen LogP contribution in [-0.2, 0) is 0 Å². The van der Waals surface area contributed by atoms with Gasteiger partial charge in [-0.05, 0) is 29.8 Å². The molecular weight excluding hydrogens is 414 g/mol. The van der Waals surface area contributed by atoms with Crippen LogP contribution in [-0.4, -0.2) is 15.0 Å². The second-order valence-corrected chi connectivity index (χ2v) is 8.41. The summed E-state index contributed by atoms with van der Waals surface area (Å²) < 4.78 is 7.53. The van der Waals surface area contributed by atoms with E-state index in [9.17, 15) is 0 Å². The molecule has 2 aromatic carbocycles. The van der Waals surface area contributed by atoms with Crippen LogP contribution >= 0.6 is 11.3 Å². The number of rotatable bonds is 4. The van der Waals surface area contributed by atoms with E-state index in [2.05, 4.69) is 28.2 Å². The lowest BCUT2D eigenvalue weighted by Gasteiger charge is -2.12. The maximum absolute atomic E-state index is 6.51. The van der Waals surface area contributed by atoms with E-state index in [1.54, 1.807) is 23.7 Å². The molecule has 5 heteroatoms. The average Bonchev–Trinajstić information content (AvgIpc) is 3.30. The Morgan fingerprint density at radius 1 is 0.656 bits per heavy atom. The zero-order valence-corrected chi connectivity index (χ0v) is 17.8. The third-order valence-electron chi connectivity index (χ3n) is 5.26. The van der Waals surface area contributed by atoms with Gasteiger partial charge in [0.05, 0.1) is 10.2 Å². The van der Waals surface area contributed by atoms with Gasteiger partial charge < -0.3 is 4.74 Å². The number of aromatic nitrogens is 3. The summed E-state index contributed by atoms with van der Waals surface area (Å²) >= 11 is 1.68. The molecule has 6 rings (SSSR count). The fraction of sp³-hybridized carbons (Fsp3) is 0. The van der Waals surface area contributed by atoms with E-state index < -0.39 is 0 Å². The second-order valence-electron chi connectivity index (χ2n) is 7.35. The second kappa shape index (κ2) is 7.87. The zero-order valence-electron chi connectivity index (χ0n) is 17.0. The third kappa shape index (κ3) is 3.39. The SMILES string of the molecule is c1ccc(-c2cc3nccc(Oc4cc5cccnc5nc4-c4ccccc4)c3s2)cc1. The summed E-state index contributed by atoms with van der Waals surface area (Å²) in [6.45, 7) is 0. The van der Waals surface area contributed by atoms with E-state index in [0.29, 0.717) is 11.4 Å². The Morgan fingerprint density at radius 3 is 2.25 bits per heavy atom. The summed E-state index contributed by atoms with van der Waals surface area (Å²) in [5.41, 5.74) is 4.53. The quantitative estimate of drug-likeness (QED) is 0.292. The van der Waals surface area contributed by atoms with Crippen molar-refractivity contribution in [1.82, 2.24) is 15.0 Å². The highest BCUT2D eigenvalue weighted by atomic mass is 32.1. The molecule has 0 saturated carbocycles. The molecule has 0 aliphatic carbocycles. The van der Waals surface area contributed by atoms with Gasteiger partial charge in [-0.1, -0.05) is 60.7 Å². The van der Waals surface area contributed by atoms with Gasteiger partial charge in [0.1, 0.15) is 11.4 Å². The summed E-state index contributed by atoms with van der Waals surface area (Å²) in [5.74, 6) is 1.46. The number of pyridine rings is 3. The zero-order chi connectivity index (χ0) is 21.3. The van der Waals surface area contributed by atoms with Gasteiger partial charge in [-0.2, -0.15) is 0 Å². The van der Waals surface area contributed by atoms with Gasteiger partial charge in [0, 0.05) is 34.3 Å². The fourth-order valence-electron chi connectivity index (χ4n) is 3.73. The van der Waals surface area contributed by atoms with Crippen LogP contribution in [0.5, 0.6) is 11.5 Å². The van der Waals surface area contributed by atoms with Crippen LogP contribution in [0.25, 0.3) is 42.9 Å². The van der Waals surface area contributed by atoms with Crippen LogP contribution in [0.1, 0.15) is 0 Å². The molecule has 0 aliphatic rings. The van der Waals surface area contributed by atoms with Gasteiger partial charge in [0.15, 0.2) is 11.4 Å². The molecule has 0 radical (unpaired) electrons. The van der Waals surface area contributed by atoms with Crippen LogP contribution in [0.3, 0.4) is 0 Å². The van der Waals surface area contributed by atoms with Gasteiger partial charge >= 0.3 is 0 Å². The minimum Gasteiger partial charge on any atom is -0.453 e. The molecule has 152 valence electrons. The summed E-state index contributed by atoms with van der Waals surface area (Å²) in [6, 6.07) is 30.3. The number of benzene rings is 2. The molecule has 32 heavy (non-hydrogen) atoms. The number of nitrogens with zero attached hydrogens (tertiary/aromatic N) is 3. The van der Waals surface area contributed by atoms with E-state index in [0.717, 1.165) is 37.5 Å². The van der Waals surface area contributed by atoms with Crippen molar-refractivity contribution in [3.05, 3.63) is 103 Å². The maximum Gasteiger partial charge on any atom is 0.160 e. The topological polar surface area (TPSA) is 47.9 Å². The van der Waals surface area contributed by atoms with Crippen LogP contribution in [0, 0.1) is 0 Å². The fourth-order valence-corrected chi connectivity index (χ4v) is 4.80. The van der Waals surface area contributed by atoms with E-state index in [1.807, 2.05) is 72.8 Å². The molecule has 0 aliphatic heterocycles. The highest BCUT2D eigenvalue weighted by Crippen LogP contribution is 2.41. The molecule has 0 spiro atoms. The monoisotopic (exact) mass is 431 g/mol. The van der Waals surface area contributed by atoms with Crippen LogP contribution in [0.2, 0.25) is 0 Å². The van der Waals surface area contributed by atoms with Crippen molar-refractivity contribution in [1.29, 1.82) is 0 Å². The van der Waals surface area contributed by atoms with E-state index in [4.69, 9.17) is 9.72 Å². The summed E-state index contributed by atoms with van der Waals surface area (Å²) in [7, 11) is 0. The number of thiophene rings is 1. The van der Waals surface area contributed by atoms with Crippen molar-refractivity contribution in [3.8, 4) is 33.2 Å². The summed E-state index contributed by atoms with van der Waals surface area (Å²) in [6.07, 6.45) is 3.55. The lowest BCUT2D eigenvalue weighted by atomic mass is 10.1. The third-order valence-corrected chi connectivity index (χ3v) is 6.44. The Bertz CT molecular complexity index is 1550. The van der Waals surface area contributed by atoms with Gasteiger partial charge in [0.2, 0.25) is 0 Å². The van der Waals surface area contributed by atoms with Crippen molar-refractivity contribution in [2.75, 3.05) is 0 Å². The summed E-state index contributed by atoms with van der Waals surface area (Å²) in [5, 5.41) is 0.934. The largest absolute Gasteiger partial charge is 0.453 e. The Kier molecular flexibility index (Phi) is 4.59.